The highest BCUT2D eigenvalue weighted by atomic mass is 16.5. The van der Waals surface area contributed by atoms with Crippen molar-refractivity contribution in [3.8, 4) is 0 Å². The monoisotopic (exact) mass is 227 g/mol. The molecule has 1 atom stereocenters. The van der Waals surface area contributed by atoms with E-state index in [2.05, 4.69) is 26.1 Å². The normalized spacial score (nSPS) is 23.2. The zero-order valence-corrected chi connectivity index (χ0v) is 11.5. The van der Waals surface area contributed by atoms with Gasteiger partial charge in [-0.3, -0.25) is 0 Å². The van der Waals surface area contributed by atoms with Gasteiger partial charge in [-0.25, -0.2) is 0 Å². The van der Waals surface area contributed by atoms with Crippen molar-refractivity contribution in [1.29, 1.82) is 0 Å². The second-order valence-corrected chi connectivity index (χ2v) is 5.97. The minimum Gasteiger partial charge on any atom is -0.377 e. The van der Waals surface area contributed by atoms with Crippen molar-refractivity contribution in [2.75, 3.05) is 13.7 Å². The lowest BCUT2D eigenvalue weighted by Crippen LogP contribution is -2.34. The average molecular weight is 227 g/mol. The maximum atomic E-state index is 6.02. The van der Waals surface area contributed by atoms with E-state index in [0.717, 1.165) is 6.61 Å². The van der Waals surface area contributed by atoms with Crippen LogP contribution in [0.3, 0.4) is 0 Å². The fourth-order valence-corrected chi connectivity index (χ4v) is 2.45. The summed E-state index contributed by atoms with van der Waals surface area (Å²) in [5.74, 6) is 0. The molecule has 16 heavy (non-hydrogen) atoms. The summed E-state index contributed by atoms with van der Waals surface area (Å²) >= 11 is 0. The Morgan fingerprint density at radius 2 is 1.94 bits per heavy atom. The van der Waals surface area contributed by atoms with Gasteiger partial charge in [-0.15, -0.1) is 0 Å². The standard InChI is InChI=1S/C14H29NO/c1-5-6-12(15-4)11-16-13-7-9-14(2,3)10-8-13/h12-13,15H,5-11H2,1-4H3. The first-order chi connectivity index (χ1) is 7.57. The van der Waals surface area contributed by atoms with E-state index in [9.17, 15) is 0 Å². The van der Waals surface area contributed by atoms with E-state index in [4.69, 9.17) is 4.74 Å². The molecule has 0 aromatic rings. The lowest BCUT2D eigenvalue weighted by molar-refractivity contribution is -0.00563. The summed E-state index contributed by atoms with van der Waals surface area (Å²) in [6.07, 6.45) is 8.08. The van der Waals surface area contributed by atoms with Gasteiger partial charge in [0.15, 0.2) is 0 Å². The van der Waals surface area contributed by atoms with E-state index in [-0.39, 0.29) is 0 Å². The molecule has 0 heterocycles. The van der Waals surface area contributed by atoms with Crippen LogP contribution in [0.25, 0.3) is 0 Å². The van der Waals surface area contributed by atoms with Gasteiger partial charge >= 0.3 is 0 Å². The Morgan fingerprint density at radius 1 is 1.31 bits per heavy atom. The SMILES string of the molecule is CCCC(COC1CCC(C)(C)CC1)NC. The van der Waals surface area contributed by atoms with Crippen molar-refractivity contribution < 1.29 is 4.74 Å². The molecule has 0 saturated heterocycles. The number of likely N-dealkylation sites (N-methyl/N-ethyl adjacent to an activating group) is 1. The molecular weight excluding hydrogens is 198 g/mol. The van der Waals surface area contributed by atoms with E-state index in [1.54, 1.807) is 0 Å². The predicted molar refractivity (Wildman–Crippen MR) is 69.7 cm³/mol. The van der Waals surface area contributed by atoms with Crippen molar-refractivity contribution in [2.24, 2.45) is 5.41 Å². The molecule has 1 aliphatic rings. The van der Waals surface area contributed by atoms with Crippen molar-refractivity contribution >= 4 is 0 Å². The molecule has 1 aliphatic carbocycles. The Morgan fingerprint density at radius 3 is 2.44 bits per heavy atom. The molecule has 0 aliphatic heterocycles. The number of hydrogen-bond donors (Lipinski definition) is 1. The molecule has 0 aromatic heterocycles. The van der Waals surface area contributed by atoms with E-state index in [1.165, 1.54) is 38.5 Å². The second kappa shape index (κ2) is 6.61. The molecule has 1 fully saturated rings. The average Bonchev–Trinajstić information content (AvgIpc) is 2.26. The third kappa shape index (κ3) is 4.84. The molecular formula is C14H29NO. The molecule has 0 aromatic carbocycles. The zero-order valence-electron chi connectivity index (χ0n) is 11.5. The number of hydrogen-bond acceptors (Lipinski definition) is 2. The largest absolute Gasteiger partial charge is 0.377 e. The predicted octanol–water partition coefficient (Wildman–Crippen LogP) is 3.36. The quantitative estimate of drug-likeness (QED) is 0.751. The Bertz CT molecular complexity index is 181. The smallest absolute Gasteiger partial charge is 0.0623 e. The minimum absolute atomic E-state index is 0.515. The fraction of sp³-hybridized carbons (Fsp3) is 1.00. The highest BCUT2D eigenvalue weighted by Crippen LogP contribution is 2.36. The summed E-state index contributed by atoms with van der Waals surface area (Å²) in [6, 6.07) is 0.542. The van der Waals surface area contributed by atoms with Crippen molar-refractivity contribution in [3.63, 3.8) is 0 Å². The van der Waals surface area contributed by atoms with Crippen LogP contribution < -0.4 is 5.32 Å². The van der Waals surface area contributed by atoms with Crippen LogP contribution in [-0.4, -0.2) is 25.8 Å². The Kier molecular flexibility index (Phi) is 5.77. The summed E-state index contributed by atoms with van der Waals surface area (Å²) < 4.78 is 6.02. The van der Waals surface area contributed by atoms with Gasteiger partial charge in [0.25, 0.3) is 0 Å². The maximum Gasteiger partial charge on any atom is 0.0623 e. The molecule has 2 heteroatoms. The second-order valence-electron chi connectivity index (χ2n) is 5.97. The summed E-state index contributed by atoms with van der Waals surface area (Å²) in [6.45, 7) is 7.86. The van der Waals surface area contributed by atoms with Gasteiger partial charge in [0.05, 0.1) is 12.7 Å². The van der Waals surface area contributed by atoms with Crippen LogP contribution in [0.1, 0.15) is 59.3 Å². The molecule has 1 rings (SSSR count). The molecule has 1 saturated carbocycles. The summed E-state index contributed by atoms with van der Waals surface area (Å²) in [7, 11) is 2.04. The van der Waals surface area contributed by atoms with Gasteiger partial charge in [0.1, 0.15) is 0 Å². The summed E-state index contributed by atoms with van der Waals surface area (Å²) in [5.41, 5.74) is 0.547. The van der Waals surface area contributed by atoms with Crippen LogP contribution in [-0.2, 0) is 4.74 Å². The van der Waals surface area contributed by atoms with E-state index in [1.807, 2.05) is 7.05 Å². The summed E-state index contributed by atoms with van der Waals surface area (Å²) in [4.78, 5) is 0. The molecule has 2 nitrogen and oxygen atoms in total. The van der Waals surface area contributed by atoms with Gasteiger partial charge in [-0.2, -0.15) is 0 Å². The Hall–Kier alpha value is -0.0800. The molecule has 0 spiro atoms. The van der Waals surface area contributed by atoms with Crippen molar-refractivity contribution in [3.05, 3.63) is 0 Å². The molecule has 0 bridgehead atoms. The number of rotatable bonds is 6. The fourth-order valence-electron chi connectivity index (χ4n) is 2.45. The zero-order chi connectivity index (χ0) is 12.0. The lowest BCUT2D eigenvalue weighted by atomic mass is 9.76. The van der Waals surface area contributed by atoms with Crippen molar-refractivity contribution in [1.82, 2.24) is 5.32 Å². The van der Waals surface area contributed by atoms with Crippen LogP contribution in [0, 0.1) is 5.41 Å². The van der Waals surface area contributed by atoms with Crippen LogP contribution in [0.4, 0.5) is 0 Å². The van der Waals surface area contributed by atoms with Crippen LogP contribution in [0.5, 0.6) is 0 Å². The third-order valence-electron chi connectivity index (χ3n) is 3.86. The van der Waals surface area contributed by atoms with Gasteiger partial charge < -0.3 is 10.1 Å². The third-order valence-corrected chi connectivity index (χ3v) is 3.86. The first-order valence-electron chi connectivity index (χ1n) is 6.86. The first-order valence-corrected chi connectivity index (χ1v) is 6.86. The molecule has 1 unspecified atom stereocenters. The molecule has 96 valence electrons. The topological polar surface area (TPSA) is 21.3 Å². The van der Waals surface area contributed by atoms with Crippen LogP contribution in [0.15, 0.2) is 0 Å². The molecule has 0 amide bonds. The van der Waals surface area contributed by atoms with Crippen LogP contribution in [0.2, 0.25) is 0 Å². The van der Waals surface area contributed by atoms with Crippen LogP contribution >= 0.6 is 0 Å². The maximum absolute atomic E-state index is 6.02. The Labute approximate surface area is 101 Å². The van der Waals surface area contributed by atoms with E-state index < -0.39 is 0 Å². The van der Waals surface area contributed by atoms with Gasteiger partial charge in [-0.1, -0.05) is 27.2 Å². The van der Waals surface area contributed by atoms with Gasteiger partial charge in [-0.05, 0) is 44.6 Å². The highest BCUT2D eigenvalue weighted by molar-refractivity contribution is 4.79. The van der Waals surface area contributed by atoms with Crippen molar-refractivity contribution in [2.45, 2.75) is 71.4 Å². The first kappa shape index (κ1) is 14.0. The highest BCUT2D eigenvalue weighted by Gasteiger charge is 2.27. The van der Waals surface area contributed by atoms with Gasteiger partial charge in [0.2, 0.25) is 0 Å². The van der Waals surface area contributed by atoms with E-state index in [0.29, 0.717) is 17.6 Å². The number of nitrogens with one attached hydrogen (secondary N) is 1. The minimum atomic E-state index is 0.515. The summed E-state index contributed by atoms with van der Waals surface area (Å²) in [5, 5.41) is 3.33. The Balaban J connectivity index is 2.18. The van der Waals surface area contributed by atoms with Gasteiger partial charge in [0, 0.05) is 6.04 Å². The number of ether oxygens (including phenoxy) is 1. The lowest BCUT2D eigenvalue weighted by Gasteiger charge is -2.34. The molecule has 0 radical (unpaired) electrons. The van der Waals surface area contributed by atoms with E-state index >= 15 is 0 Å². The molecule has 1 N–H and O–H groups in total.